The molecule has 4 heterocycles. The monoisotopic (exact) mass is 396 g/mol. The second kappa shape index (κ2) is 8.20. The summed E-state index contributed by atoms with van der Waals surface area (Å²) in [6.45, 7) is 1.96. The van der Waals surface area contributed by atoms with Crippen LogP contribution in [0.15, 0.2) is 67.5 Å². The smallest absolute Gasteiger partial charge is 0.255 e. The normalized spacial score (nSPS) is 10.3. The van der Waals surface area contributed by atoms with E-state index < -0.39 is 0 Å². The minimum absolute atomic E-state index is 0.311. The van der Waals surface area contributed by atoms with Crippen molar-refractivity contribution in [1.82, 2.24) is 24.7 Å². The van der Waals surface area contributed by atoms with E-state index >= 15 is 0 Å². The van der Waals surface area contributed by atoms with Crippen molar-refractivity contribution < 1.29 is 4.79 Å². The van der Waals surface area contributed by atoms with Crippen LogP contribution in [-0.2, 0) is 0 Å². The van der Waals surface area contributed by atoms with Crippen LogP contribution in [0.3, 0.4) is 0 Å². The number of aromatic nitrogens is 5. The van der Waals surface area contributed by atoms with Gasteiger partial charge in [-0.1, -0.05) is 6.07 Å². The average molecular weight is 396 g/mol. The lowest BCUT2D eigenvalue weighted by Gasteiger charge is -2.09. The van der Waals surface area contributed by atoms with Crippen molar-refractivity contribution in [3.05, 3.63) is 84.2 Å². The Balaban J connectivity index is 1.49. The van der Waals surface area contributed by atoms with E-state index in [-0.39, 0.29) is 5.91 Å². The Morgan fingerprint density at radius 1 is 1.07 bits per heavy atom. The molecule has 9 nitrogen and oxygen atoms in total. The van der Waals surface area contributed by atoms with Gasteiger partial charge in [0.05, 0.1) is 35.5 Å². The number of hydrogen-bond acceptors (Lipinski definition) is 7. The molecule has 0 bridgehead atoms. The molecule has 0 saturated heterocycles. The predicted octanol–water partition coefficient (Wildman–Crippen LogP) is 3.23. The fourth-order valence-electron chi connectivity index (χ4n) is 2.66. The molecule has 9 heteroatoms. The van der Waals surface area contributed by atoms with Gasteiger partial charge in [-0.3, -0.25) is 9.78 Å². The van der Waals surface area contributed by atoms with Gasteiger partial charge >= 0.3 is 0 Å². The summed E-state index contributed by atoms with van der Waals surface area (Å²) >= 11 is 0. The van der Waals surface area contributed by atoms with Crippen molar-refractivity contribution in [1.29, 1.82) is 5.26 Å². The molecule has 0 aliphatic heterocycles. The van der Waals surface area contributed by atoms with Crippen molar-refractivity contribution in [2.24, 2.45) is 0 Å². The molecular formula is C21H16N8O. The zero-order valence-corrected chi connectivity index (χ0v) is 15.9. The van der Waals surface area contributed by atoms with Gasteiger partial charge in [-0.15, -0.1) is 0 Å². The van der Waals surface area contributed by atoms with E-state index in [0.717, 1.165) is 5.56 Å². The quantitative estimate of drug-likeness (QED) is 0.531. The van der Waals surface area contributed by atoms with Crippen molar-refractivity contribution in [2.75, 3.05) is 10.6 Å². The van der Waals surface area contributed by atoms with Crippen LogP contribution in [0.2, 0.25) is 0 Å². The number of pyridine rings is 3. The summed E-state index contributed by atoms with van der Waals surface area (Å²) in [5.41, 5.74) is 3.03. The topological polar surface area (TPSA) is 121 Å². The molecule has 4 aromatic heterocycles. The highest BCUT2D eigenvalue weighted by molar-refractivity contribution is 6.04. The summed E-state index contributed by atoms with van der Waals surface area (Å²) in [5, 5.41) is 18.9. The number of rotatable bonds is 5. The molecule has 2 N–H and O–H groups in total. The fourth-order valence-corrected chi connectivity index (χ4v) is 2.66. The molecule has 4 aromatic rings. The molecule has 0 aliphatic rings. The van der Waals surface area contributed by atoms with Crippen LogP contribution < -0.4 is 10.6 Å². The number of aryl methyl sites for hydroxylation is 1. The number of nitrogens with zero attached hydrogens (tertiary/aromatic N) is 6. The highest BCUT2D eigenvalue weighted by atomic mass is 16.1. The van der Waals surface area contributed by atoms with E-state index in [1.165, 1.54) is 17.1 Å². The Hall–Kier alpha value is -4.58. The summed E-state index contributed by atoms with van der Waals surface area (Å²) in [5.74, 6) is 0.833. The molecule has 4 rings (SSSR count). The SMILES string of the molecule is Cc1ccc(Nc2cc(C(=O)Nc3cncc(-n4cc(C#N)cn4)c3)ccn2)nc1. The van der Waals surface area contributed by atoms with Crippen molar-refractivity contribution >= 4 is 23.2 Å². The minimum atomic E-state index is -0.311. The zero-order chi connectivity index (χ0) is 20.9. The van der Waals surface area contributed by atoms with Gasteiger partial charge in [-0.05, 0) is 36.8 Å². The minimum Gasteiger partial charge on any atom is -0.325 e. The van der Waals surface area contributed by atoms with Crippen LogP contribution >= 0.6 is 0 Å². The third-order valence-corrected chi connectivity index (χ3v) is 4.15. The number of nitrogens with one attached hydrogen (secondary N) is 2. The summed E-state index contributed by atoms with van der Waals surface area (Å²) in [7, 11) is 0. The molecule has 0 spiro atoms. The van der Waals surface area contributed by atoms with Gasteiger partial charge in [-0.25, -0.2) is 14.6 Å². The standard InChI is InChI=1S/C21H16N8O/c1-14-2-3-19(25-9-14)28-20-6-16(4-5-24-20)21(30)27-17-7-18(12-23-11-17)29-13-15(8-22)10-26-29/h2-7,9-13H,1H3,(H,27,30)(H,24,25,28). The molecule has 0 saturated carbocycles. The van der Waals surface area contributed by atoms with E-state index in [4.69, 9.17) is 5.26 Å². The van der Waals surface area contributed by atoms with Gasteiger partial charge in [0.1, 0.15) is 17.7 Å². The summed E-state index contributed by atoms with van der Waals surface area (Å²) in [6, 6.07) is 10.8. The van der Waals surface area contributed by atoms with Gasteiger partial charge in [0, 0.05) is 24.2 Å². The second-order valence-corrected chi connectivity index (χ2v) is 6.45. The van der Waals surface area contributed by atoms with Crippen molar-refractivity contribution in [3.8, 4) is 11.8 Å². The lowest BCUT2D eigenvalue weighted by atomic mass is 10.2. The molecule has 0 aromatic carbocycles. The van der Waals surface area contributed by atoms with Crippen LogP contribution in [0, 0.1) is 18.3 Å². The third kappa shape index (κ3) is 4.28. The van der Waals surface area contributed by atoms with Crippen LogP contribution in [0.1, 0.15) is 21.5 Å². The van der Waals surface area contributed by atoms with Crippen LogP contribution in [0.25, 0.3) is 5.69 Å². The first-order valence-electron chi connectivity index (χ1n) is 8.98. The molecule has 30 heavy (non-hydrogen) atoms. The van der Waals surface area contributed by atoms with Gasteiger partial charge in [0.25, 0.3) is 5.91 Å². The Morgan fingerprint density at radius 3 is 2.73 bits per heavy atom. The fraction of sp³-hybridized carbons (Fsp3) is 0.0476. The average Bonchev–Trinajstić information content (AvgIpc) is 3.25. The number of amides is 1. The molecule has 0 aliphatic carbocycles. The number of hydrogen-bond donors (Lipinski definition) is 2. The van der Waals surface area contributed by atoms with Crippen LogP contribution in [0.5, 0.6) is 0 Å². The van der Waals surface area contributed by atoms with Crippen LogP contribution in [-0.4, -0.2) is 30.6 Å². The number of anilines is 3. The lowest BCUT2D eigenvalue weighted by Crippen LogP contribution is -2.13. The zero-order valence-electron chi connectivity index (χ0n) is 15.9. The molecule has 1 amide bonds. The maximum Gasteiger partial charge on any atom is 0.255 e. The Bertz CT molecular complexity index is 1240. The molecule has 0 atom stereocenters. The van der Waals surface area contributed by atoms with Gasteiger partial charge in [-0.2, -0.15) is 10.4 Å². The van der Waals surface area contributed by atoms with Gasteiger partial charge in [0.2, 0.25) is 0 Å². The van der Waals surface area contributed by atoms with Crippen molar-refractivity contribution in [3.63, 3.8) is 0 Å². The first-order valence-corrected chi connectivity index (χ1v) is 8.98. The lowest BCUT2D eigenvalue weighted by molar-refractivity contribution is 0.102. The largest absolute Gasteiger partial charge is 0.325 e. The van der Waals surface area contributed by atoms with Gasteiger partial charge < -0.3 is 10.6 Å². The second-order valence-electron chi connectivity index (χ2n) is 6.45. The van der Waals surface area contributed by atoms with E-state index in [1.807, 2.05) is 25.1 Å². The first kappa shape index (κ1) is 18.8. The van der Waals surface area contributed by atoms with E-state index in [0.29, 0.717) is 34.1 Å². The molecule has 0 radical (unpaired) electrons. The van der Waals surface area contributed by atoms with Crippen LogP contribution in [0.4, 0.5) is 17.3 Å². The van der Waals surface area contributed by atoms with E-state index in [9.17, 15) is 4.79 Å². The predicted molar refractivity (Wildman–Crippen MR) is 111 cm³/mol. The summed E-state index contributed by atoms with van der Waals surface area (Å²) < 4.78 is 1.52. The first-order chi connectivity index (χ1) is 14.6. The van der Waals surface area contributed by atoms with Gasteiger partial charge in [0.15, 0.2) is 0 Å². The molecule has 146 valence electrons. The van der Waals surface area contributed by atoms with E-state index in [1.54, 1.807) is 43.0 Å². The molecule has 0 fully saturated rings. The molecule has 0 unspecified atom stereocenters. The van der Waals surface area contributed by atoms with Crippen molar-refractivity contribution in [2.45, 2.75) is 6.92 Å². The van der Waals surface area contributed by atoms with E-state index in [2.05, 4.69) is 30.7 Å². The number of carbonyl (C=O) groups excluding carboxylic acids is 1. The summed E-state index contributed by atoms with van der Waals surface area (Å²) in [6.07, 6.45) is 9.47. The summed E-state index contributed by atoms with van der Waals surface area (Å²) in [4.78, 5) is 25.3. The molecular weight excluding hydrogens is 380 g/mol. The highest BCUT2D eigenvalue weighted by Gasteiger charge is 2.10. The number of carbonyl (C=O) groups is 1. The third-order valence-electron chi connectivity index (χ3n) is 4.15. The highest BCUT2D eigenvalue weighted by Crippen LogP contribution is 2.17. The Morgan fingerprint density at radius 2 is 1.97 bits per heavy atom. The maximum atomic E-state index is 12.7. The Kier molecular flexibility index (Phi) is 5.13. The maximum absolute atomic E-state index is 12.7. The number of nitriles is 1. The Labute approximate surface area is 172 Å².